The maximum atomic E-state index is 14.8. The molecule has 3 N–H and O–H groups in total. The van der Waals surface area contributed by atoms with E-state index in [2.05, 4.69) is 30.3 Å². The molecule has 0 bridgehead atoms. The number of hydrogen-bond donors (Lipinski definition) is 3. The molecule has 354 valence electrons. The Morgan fingerprint density at radius 2 is 1.74 bits per heavy atom. The summed E-state index contributed by atoms with van der Waals surface area (Å²) in [6.07, 6.45) is -7.09. The molecule has 1 saturated heterocycles. The van der Waals surface area contributed by atoms with Gasteiger partial charge < -0.3 is 29.4 Å². The molecule has 7 atom stereocenters. The molecular weight excluding hydrogens is 893 g/mol. The van der Waals surface area contributed by atoms with E-state index in [4.69, 9.17) is 13.9 Å². The van der Waals surface area contributed by atoms with Crippen molar-refractivity contribution in [2.75, 3.05) is 6.54 Å². The lowest BCUT2D eigenvalue weighted by Gasteiger charge is -2.34. The molecule has 0 unspecified atom stereocenters. The van der Waals surface area contributed by atoms with Gasteiger partial charge in [-0.05, 0) is 96.3 Å². The van der Waals surface area contributed by atoms with Crippen LogP contribution in [0.3, 0.4) is 0 Å². The van der Waals surface area contributed by atoms with Crippen LogP contribution in [0.25, 0.3) is 22.5 Å². The minimum absolute atomic E-state index is 0.0395. The molecule has 1 aromatic carbocycles. The number of hydrogen-bond acceptors (Lipinski definition) is 12. The lowest BCUT2D eigenvalue weighted by molar-refractivity contribution is -0.244. The van der Waals surface area contributed by atoms with E-state index in [1.165, 1.54) is 31.3 Å². The third-order valence-electron chi connectivity index (χ3n) is 12.6. The Kier molecular flexibility index (Phi) is 12.2. The van der Waals surface area contributed by atoms with Crippen LogP contribution in [0.2, 0.25) is 0 Å². The largest absolute Gasteiger partial charge is 0.471 e. The normalized spacial score (nSPS) is 27.9. The van der Waals surface area contributed by atoms with E-state index < -0.39 is 117 Å². The minimum Gasteiger partial charge on any atom is -0.471 e. The summed E-state index contributed by atoms with van der Waals surface area (Å²) in [7, 11) is -4.20. The zero-order chi connectivity index (χ0) is 47.7. The van der Waals surface area contributed by atoms with Crippen LogP contribution >= 0.6 is 0 Å². The van der Waals surface area contributed by atoms with Crippen molar-refractivity contribution in [3.05, 3.63) is 48.0 Å². The molecule has 0 spiro atoms. The molecule has 23 heteroatoms. The average Bonchev–Trinajstić information content (AvgIpc) is 4.00. The molecule has 0 radical (unpaired) electrons. The van der Waals surface area contributed by atoms with E-state index in [0.717, 1.165) is 4.90 Å². The van der Waals surface area contributed by atoms with Crippen molar-refractivity contribution in [2.45, 2.75) is 133 Å². The van der Waals surface area contributed by atoms with Gasteiger partial charge in [0.1, 0.15) is 29.5 Å². The molecule has 2 aliphatic heterocycles. The fourth-order valence-electron chi connectivity index (χ4n) is 8.13. The van der Waals surface area contributed by atoms with Crippen LogP contribution in [-0.2, 0) is 35.3 Å². The number of alkyl carbamates (subject to hydrolysis) is 1. The van der Waals surface area contributed by atoms with Gasteiger partial charge in [-0.25, -0.2) is 28.2 Å². The maximum Gasteiger partial charge on any atom is 0.438 e. The second-order valence-corrected chi connectivity index (χ2v) is 20.5. The molecule has 3 aromatic rings. The summed E-state index contributed by atoms with van der Waals surface area (Å²) < 4.78 is 129. The first-order chi connectivity index (χ1) is 30.1. The zero-order valence-electron chi connectivity index (χ0n) is 36.2. The van der Waals surface area contributed by atoms with Crippen molar-refractivity contribution < 1.29 is 67.8 Å². The van der Waals surface area contributed by atoms with Crippen LogP contribution in [0.15, 0.2) is 41.0 Å². The van der Waals surface area contributed by atoms with Gasteiger partial charge in [-0.3, -0.25) is 19.1 Å². The molecule has 7 rings (SSSR count). The Morgan fingerprint density at radius 1 is 1.03 bits per heavy atom. The molecule has 2 aliphatic carbocycles. The topological polar surface area (TPSA) is 212 Å². The second kappa shape index (κ2) is 16.7. The SMILES string of the molecule is Cc1cnc(-c2ccc3nc(C(F)(F)F)c(O[C@@H]4C[C@H]5C(=O)N[C@]6(C(=O)NS(=O)(=O)C7(C)CC7)C[C@H]6/C=C\CC[C@@H](C)C[C@@H](C)[C@H](NC(=O)OC(C)(C)C(F)(F)F)C(=O)N5C4)nc3c2)o1. The number of alkyl halides is 6. The number of carbonyl (C=O) groups excluding carboxylic acids is 4. The van der Waals surface area contributed by atoms with Gasteiger partial charge in [-0.15, -0.1) is 0 Å². The van der Waals surface area contributed by atoms with Crippen molar-refractivity contribution in [1.29, 1.82) is 0 Å². The highest BCUT2D eigenvalue weighted by Crippen LogP contribution is 2.48. The summed E-state index contributed by atoms with van der Waals surface area (Å²) in [5.41, 5.74) is -6.23. The summed E-state index contributed by atoms with van der Waals surface area (Å²) in [5, 5.41) is 4.89. The standard InChI is InChI=1S/C42H49F6N7O9S/c1-21-9-7-8-10-25-18-40(25,36(58)54-65(60,61)39(6)13-14-39)53-32(56)29-17-26(20-55(29)35(57)30(22(2)15-21)52-37(59)64-38(4,5)42(46,47)48)63-34-31(41(43,44)45)50-27-12-11-24(16-28(27)51-34)33-49-19-23(3)62-33/h8,10-12,16,19,21-22,25-26,29-30H,7,9,13-15,17-18,20H2,1-6H3,(H,52,59)(H,53,56)(H,54,58)/b10-8-/t21-,22-,25-,26-,29+,30+,40-/m1/s1. The number of aryl methyl sites for hydroxylation is 1. The van der Waals surface area contributed by atoms with Gasteiger partial charge in [-0.2, -0.15) is 26.3 Å². The number of nitrogens with one attached hydrogen (secondary N) is 3. The predicted molar refractivity (Wildman–Crippen MR) is 218 cm³/mol. The smallest absolute Gasteiger partial charge is 0.438 e. The summed E-state index contributed by atoms with van der Waals surface area (Å²) in [6, 6.07) is 0.801. The lowest BCUT2D eigenvalue weighted by atomic mass is 9.88. The van der Waals surface area contributed by atoms with Gasteiger partial charge in [-0.1, -0.05) is 26.0 Å². The predicted octanol–water partition coefficient (Wildman–Crippen LogP) is 6.28. The Morgan fingerprint density at radius 3 is 2.37 bits per heavy atom. The van der Waals surface area contributed by atoms with Crippen molar-refractivity contribution in [2.24, 2.45) is 17.8 Å². The number of oxazole rings is 1. The van der Waals surface area contributed by atoms with E-state index in [-0.39, 0.29) is 35.7 Å². The Labute approximate surface area is 369 Å². The van der Waals surface area contributed by atoms with Gasteiger partial charge in [0.15, 0.2) is 0 Å². The average molecular weight is 942 g/mol. The molecule has 65 heavy (non-hydrogen) atoms. The summed E-state index contributed by atoms with van der Waals surface area (Å²) in [4.78, 5) is 69.5. The van der Waals surface area contributed by atoms with Gasteiger partial charge >= 0.3 is 18.4 Å². The molecule has 2 aromatic heterocycles. The van der Waals surface area contributed by atoms with Crippen molar-refractivity contribution in [3.8, 4) is 17.3 Å². The minimum atomic E-state index is -5.12. The first-order valence-electron chi connectivity index (χ1n) is 21.0. The Balaban J connectivity index is 1.26. The highest BCUT2D eigenvalue weighted by molar-refractivity contribution is 7.91. The third kappa shape index (κ3) is 9.74. The fourth-order valence-corrected chi connectivity index (χ4v) is 9.44. The summed E-state index contributed by atoms with van der Waals surface area (Å²) in [6.45, 7) is 7.12. The molecule has 16 nitrogen and oxygen atoms in total. The number of ether oxygens (including phenoxy) is 2. The zero-order valence-corrected chi connectivity index (χ0v) is 37.0. The number of rotatable bonds is 8. The van der Waals surface area contributed by atoms with Crippen LogP contribution in [0.4, 0.5) is 31.1 Å². The summed E-state index contributed by atoms with van der Waals surface area (Å²) in [5.74, 6) is -5.15. The van der Waals surface area contributed by atoms with Gasteiger partial charge in [0.25, 0.3) is 5.91 Å². The van der Waals surface area contributed by atoms with E-state index in [1.807, 2.05) is 6.92 Å². The highest BCUT2D eigenvalue weighted by Gasteiger charge is 2.63. The number of carbonyl (C=O) groups is 4. The fraction of sp³-hybridized carbons (Fsp3) is 0.595. The number of sulfonamides is 1. The number of nitrogens with zero attached hydrogens (tertiary/aromatic N) is 4. The second-order valence-electron chi connectivity index (χ2n) is 18.3. The number of aromatic nitrogens is 3. The van der Waals surface area contributed by atoms with Crippen LogP contribution in [0.1, 0.15) is 91.0 Å². The molecule has 4 aliphatic rings. The molecule has 4 amide bonds. The third-order valence-corrected chi connectivity index (χ3v) is 14.8. The number of amides is 4. The Hall–Kier alpha value is -5.48. The lowest BCUT2D eigenvalue weighted by Crippen LogP contribution is -2.59. The monoisotopic (exact) mass is 941 g/mol. The molecule has 2 saturated carbocycles. The molecule has 3 fully saturated rings. The Bertz CT molecular complexity index is 2530. The van der Waals surface area contributed by atoms with Gasteiger partial charge in [0.2, 0.25) is 44.9 Å². The van der Waals surface area contributed by atoms with Gasteiger partial charge in [0.05, 0.1) is 28.5 Å². The number of halogens is 6. The van der Waals surface area contributed by atoms with Crippen molar-refractivity contribution in [3.63, 3.8) is 0 Å². The number of benzene rings is 1. The molecular formula is C42H49F6N7O9S. The van der Waals surface area contributed by atoms with Crippen molar-refractivity contribution >= 4 is 44.9 Å². The van der Waals surface area contributed by atoms with Crippen LogP contribution in [-0.4, -0.2) is 98.9 Å². The van der Waals surface area contributed by atoms with E-state index >= 15 is 0 Å². The van der Waals surface area contributed by atoms with Crippen LogP contribution in [0, 0.1) is 24.7 Å². The number of allylic oxidation sites excluding steroid dienone is 1. The maximum absolute atomic E-state index is 14.8. The molecule has 4 heterocycles. The highest BCUT2D eigenvalue weighted by atomic mass is 32.2. The quantitative estimate of drug-likeness (QED) is 0.168. The first kappa shape index (κ1) is 47.5. The first-order valence-corrected chi connectivity index (χ1v) is 22.5. The van der Waals surface area contributed by atoms with E-state index in [1.54, 1.807) is 26.0 Å². The summed E-state index contributed by atoms with van der Waals surface area (Å²) >= 11 is 0. The van der Waals surface area contributed by atoms with E-state index in [0.29, 0.717) is 50.9 Å². The van der Waals surface area contributed by atoms with E-state index in [9.17, 15) is 53.9 Å². The van der Waals surface area contributed by atoms with Crippen LogP contribution in [0.5, 0.6) is 5.88 Å². The van der Waals surface area contributed by atoms with Crippen molar-refractivity contribution in [1.82, 2.24) is 35.2 Å². The number of fused-ring (bicyclic) bond motifs is 3. The van der Waals surface area contributed by atoms with Crippen LogP contribution < -0.4 is 20.1 Å². The van der Waals surface area contributed by atoms with Gasteiger partial charge in [0, 0.05) is 17.9 Å².